The van der Waals surface area contributed by atoms with Crippen molar-refractivity contribution < 1.29 is 14.7 Å². The van der Waals surface area contributed by atoms with E-state index >= 15 is 0 Å². The van der Waals surface area contributed by atoms with Crippen LogP contribution < -0.4 is 5.32 Å². The van der Waals surface area contributed by atoms with Gasteiger partial charge in [0.05, 0.1) is 6.42 Å². The largest absolute Gasteiger partial charge is 0.480 e. The Balaban J connectivity index is 2.45. The molecule has 0 aliphatic carbocycles. The zero-order chi connectivity index (χ0) is 12.0. The summed E-state index contributed by atoms with van der Waals surface area (Å²) in [5, 5.41) is 15.1. The summed E-state index contributed by atoms with van der Waals surface area (Å²) in [7, 11) is 0. The predicted molar refractivity (Wildman–Crippen MR) is 66.0 cm³/mol. The van der Waals surface area contributed by atoms with Crippen molar-refractivity contribution in [3.8, 4) is 0 Å². The molecule has 0 aliphatic heterocycles. The fourth-order valence-corrected chi connectivity index (χ4v) is 2.39. The van der Waals surface area contributed by atoms with Gasteiger partial charge in [0.25, 0.3) is 0 Å². The van der Waals surface area contributed by atoms with Crippen molar-refractivity contribution in [2.45, 2.75) is 12.5 Å². The minimum Gasteiger partial charge on any atom is -0.480 e. The molecular formula is C10H13NO3S2. The number of rotatable bonds is 6. The highest BCUT2D eigenvalue weighted by Gasteiger charge is 2.19. The van der Waals surface area contributed by atoms with Crippen LogP contribution in [0.25, 0.3) is 0 Å². The van der Waals surface area contributed by atoms with Crippen LogP contribution in [0.2, 0.25) is 0 Å². The van der Waals surface area contributed by atoms with E-state index in [1.54, 1.807) is 6.26 Å². The normalized spacial score (nSPS) is 12.1. The van der Waals surface area contributed by atoms with E-state index in [4.69, 9.17) is 5.11 Å². The standard InChI is InChI=1S/C10H13NO3S2/c1-15-6-8(10(13)14)11-9(12)4-7-2-3-16-5-7/h2-3,5,8H,4,6H2,1H3,(H,11,12)(H,13,14)/t8-/m0/s1. The first kappa shape index (κ1) is 13.1. The molecule has 1 amide bonds. The number of hydrogen-bond acceptors (Lipinski definition) is 4. The van der Waals surface area contributed by atoms with Crippen LogP contribution in [0, 0.1) is 0 Å². The summed E-state index contributed by atoms with van der Waals surface area (Å²) in [6.07, 6.45) is 2.04. The zero-order valence-electron chi connectivity index (χ0n) is 8.80. The topological polar surface area (TPSA) is 66.4 Å². The lowest BCUT2D eigenvalue weighted by atomic mass is 10.2. The van der Waals surface area contributed by atoms with Crippen molar-refractivity contribution in [2.24, 2.45) is 0 Å². The van der Waals surface area contributed by atoms with Crippen LogP contribution in [-0.4, -0.2) is 35.0 Å². The molecule has 1 atom stereocenters. The first-order valence-corrected chi connectivity index (χ1v) is 6.99. The molecule has 0 bridgehead atoms. The lowest BCUT2D eigenvalue weighted by Crippen LogP contribution is -2.43. The van der Waals surface area contributed by atoms with Crippen molar-refractivity contribution in [3.05, 3.63) is 22.4 Å². The molecule has 1 aromatic heterocycles. The Bertz CT molecular complexity index is 351. The molecule has 16 heavy (non-hydrogen) atoms. The molecule has 0 fully saturated rings. The van der Waals surface area contributed by atoms with Crippen LogP contribution in [0.15, 0.2) is 16.8 Å². The maximum absolute atomic E-state index is 11.5. The second kappa shape index (κ2) is 6.55. The van der Waals surface area contributed by atoms with Gasteiger partial charge in [-0.2, -0.15) is 23.1 Å². The average Bonchev–Trinajstić information content (AvgIpc) is 2.69. The first-order chi connectivity index (χ1) is 7.63. The summed E-state index contributed by atoms with van der Waals surface area (Å²) >= 11 is 2.91. The number of carboxylic acid groups (broad SMARTS) is 1. The Morgan fingerprint density at radius 1 is 1.62 bits per heavy atom. The summed E-state index contributed by atoms with van der Waals surface area (Å²) in [5.41, 5.74) is 0.913. The number of carboxylic acids is 1. The van der Waals surface area contributed by atoms with Gasteiger partial charge in [-0.05, 0) is 28.6 Å². The lowest BCUT2D eigenvalue weighted by Gasteiger charge is -2.12. The molecule has 6 heteroatoms. The molecule has 0 saturated heterocycles. The summed E-state index contributed by atoms with van der Waals surface area (Å²) in [4.78, 5) is 22.3. The van der Waals surface area contributed by atoms with Crippen LogP contribution in [0.4, 0.5) is 0 Å². The van der Waals surface area contributed by atoms with Crippen molar-refractivity contribution in [1.82, 2.24) is 5.32 Å². The first-order valence-electron chi connectivity index (χ1n) is 4.65. The Hall–Kier alpha value is -1.01. The van der Waals surface area contributed by atoms with Gasteiger partial charge in [-0.3, -0.25) is 4.79 Å². The third-order valence-corrected chi connectivity index (χ3v) is 3.31. The highest BCUT2D eigenvalue weighted by Crippen LogP contribution is 2.07. The number of thioether (sulfide) groups is 1. The quantitative estimate of drug-likeness (QED) is 0.806. The van der Waals surface area contributed by atoms with Gasteiger partial charge < -0.3 is 10.4 Å². The molecule has 4 nitrogen and oxygen atoms in total. The molecule has 2 N–H and O–H groups in total. The Morgan fingerprint density at radius 2 is 2.38 bits per heavy atom. The molecule has 0 aromatic carbocycles. The van der Waals surface area contributed by atoms with Gasteiger partial charge in [0, 0.05) is 5.75 Å². The van der Waals surface area contributed by atoms with Crippen LogP contribution in [0.5, 0.6) is 0 Å². The van der Waals surface area contributed by atoms with Crippen LogP contribution >= 0.6 is 23.1 Å². The fraction of sp³-hybridized carbons (Fsp3) is 0.400. The predicted octanol–water partition coefficient (Wildman–Crippen LogP) is 1.22. The number of thiophene rings is 1. The van der Waals surface area contributed by atoms with E-state index in [9.17, 15) is 9.59 Å². The number of amides is 1. The fourth-order valence-electron chi connectivity index (χ4n) is 1.17. The molecule has 0 saturated carbocycles. The molecule has 0 unspecified atom stereocenters. The molecule has 0 spiro atoms. The van der Waals surface area contributed by atoms with E-state index in [1.165, 1.54) is 23.1 Å². The molecule has 1 rings (SSSR count). The Labute approximate surface area is 102 Å². The summed E-state index contributed by atoms with van der Waals surface area (Å²) in [6, 6.07) is 1.05. The molecule has 0 radical (unpaired) electrons. The third-order valence-electron chi connectivity index (χ3n) is 1.91. The van der Waals surface area contributed by atoms with Crippen molar-refractivity contribution in [2.75, 3.05) is 12.0 Å². The second-order valence-electron chi connectivity index (χ2n) is 3.22. The van der Waals surface area contributed by atoms with Gasteiger partial charge in [-0.1, -0.05) is 0 Å². The number of carbonyl (C=O) groups is 2. The molecule has 1 heterocycles. The molecule has 88 valence electrons. The highest BCUT2D eigenvalue weighted by atomic mass is 32.2. The summed E-state index contributed by atoms with van der Waals surface area (Å²) < 4.78 is 0. The van der Waals surface area contributed by atoms with Gasteiger partial charge in [0.1, 0.15) is 6.04 Å². The van der Waals surface area contributed by atoms with Gasteiger partial charge in [0.2, 0.25) is 5.91 Å². The van der Waals surface area contributed by atoms with Gasteiger partial charge in [-0.25, -0.2) is 4.79 Å². The Kier molecular flexibility index (Phi) is 5.34. The van der Waals surface area contributed by atoms with E-state index in [2.05, 4.69) is 5.32 Å². The van der Waals surface area contributed by atoms with Crippen molar-refractivity contribution in [3.63, 3.8) is 0 Å². The maximum atomic E-state index is 11.5. The smallest absolute Gasteiger partial charge is 0.327 e. The lowest BCUT2D eigenvalue weighted by molar-refractivity contribution is -0.141. The Morgan fingerprint density at radius 3 is 2.88 bits per heavy atom. The summed E-state index contributed by atoms with van der Waals surface area (Å²) in [5.74, 6) is -0.863. The van der Waals surface area contributed by atoms with Crippen molar-refractivity contribution >= 4 is 35.0 Å². The van der Waals surface area contributed by atoms with E-state index in [1.807, 2.05) is 16.8 Å². The summed E-state index contributed by atoms with van der Waals surface area (Å²) in [6.45, 7) is 0. The monoisotopic (exact) mass is 259 g/mol. The minimum atomic E-state index is -0.993. The van der Waals surface area contributed by atoms with E-state index < -0.39 is 12.0 Å². The number of nitrogens with one attached hydrogen (secondary N) is 1. The number of hydrogen-bond donors (Lipinski definition) is 2. The number of aliphatic carboxylic acids is 1. The molecule has 1 aromatic rings. The zero-order valence-corrected chi connectivity index (χ0v) is 10.4. The van der Waals surface area contributed by atoms with Crippen LogP contribution in [0.1, 0.15) is 5.56 Å². The SMILES string of the molecule is CSC[C@H](NC(=O)Cc1ccsc1)C(=O)O. The van der Waals surface area contributed by atoms with E-state index in [-0.39, 0.29) is 12.3 Å². The van der Waals surface area contributed by atoms with E-state index in [0.29, 0.717) is 5.75 Å². The van der Waals surface area contributed by atoms with E-state index in [0.717, 1.165) is 5.56 Å². The molecular weight excluding hydrogens is 246 g/mol. The van der Waals surface area contributed by atoms with Gasteiger partial charge >= 0.3 is 5.97 Å². The average molecular weight is 259 g/mol. The van der Waals surface area contributed by atoms with Gasteiger partial charge in [0.15, 0.2) is 0 Å². The van der Waals surface area contributed by atoms with Crippen LogP contribution in [-0.2, 0) is 16.0 Å². The van der Waals surface area contributed by atoms with Crippen molar-refractivity contribution in [1.29, 1.82) is 0 Å². The third kappa shape index (κ3) is 4.24. The van der Waals surface area contributed by atoms with Gasteiger partial charge in [-0.15, -0.1) is 0 Å². The highest BCUT2D eigenvalue weighted by molar-refractivity contribution is 7.98. The maximum Gasteiger partial charge on any atom is 0.327 e. The minimum absolute atomic E-state index is 0.238. The van der Waals surface area contributed by atoms with Crippen LogP contribution in [0.3, 0.4) is 0 Å². The number of carbonyl (C=O) groups excluding carboxylic acids is 1. The molecule has 0 aliphatic rings. The second-order valence-corrected chi connectivity index (χ2v) is 4.91.